The SMILES string of the molecule is CC/C=C\C/C=C\C/C=C\CCCCCCCCCC(=O)OC(COC(=O)CCCCCCCC/C=C\C/C=C\C/C=C\CCCCC)COP(=O)(O)OCC(O)COP(=O)(O)OCC(COC(=O)CCCCCCC/C=C\CCCCCC)OC(=O)CCCCCCC/C=C\CCCCCC. The van der Waals surface area contributed by atoms with E-state index < -0.39 is 97.5 Å². The van der Waals surface area contributed by atoms with Crippen LogP contribution >= 0.6 is 15.6 Å². The van der Waals surface area contributed by atoms with Crippen LogP contribution in [0.2, 0.25) is 0 Å². The largest absolute Gasteiger partial charge is 0.472 e. The van der Waals surface area contributed by atoms with Crippen LogP contribution in [0.4, 0.5) is 0 Å². The molecule has 0 spiro atoms. The Balaban J connectivity index is 5.36. The highest BCUT2D eigenvalue weighted by atomic mass is 31.2. The molecule has 0 saturated carbocycles. The van der Waals surface area contributed by atoms with Gasteiger partial charge >= 0.3 is 39.5 Å². The second-order valence-electron chi connectivity index (χ2n) is 27.0. The average molecular weight is 1480 g/mol. The standard InChI is InChI=1S/C83H146O17P2/c1-5-9-13-17-21-25-29-33-35-37-38-40-41-45-48-52-56-60-64-68-81(86)94-74-79(100-83(88)70-66-62-58-54-50-46-42-39-36-34-30-26-22-18-14-10-6-2)76-98-102(91,92)96-72-77(84)71-95-101(89,90)97-75-78(99-82(87)69-65-61-57-53-49-44-32-28-24-20-16-12-8-4)73-93-80(85)67-63-59-55-51-47-43-31-27-23-19-15-11-7-3/h10,14,21-22,25-28,31-36,38,40,77-79,84H,5-9,11-13,15-20,23-24,29-30,37,39,41-76H2,1-4H3,(H,89,90)(H,91,92)/b14-10-,25-21-,26-22-,31-27-,32-28-,35-33-,36-34-,40-38-. The van der Waals surface area contributed by atoms with Crippen LogP contribution in [0, 0.1) is 0 Å². The molecule has 17 nitrogen and oxygen atoms in total. The first-order valence-electron chi connectivity index (χ1n) is 40.5. The van der Waals surface area contributed by atoms with Crippen LogP contribution in [0.25, 0.3) is 0 Å². The van der Waals surface area contributed by atoms with E-state index in [1.165, 1.54) is 70.6 Å². The molecule has 19 heteroatoms. The van der Waals surface area contributed by atoms with Crippen LogP contribution in [0.15, 0.2) is 97.2 Å². The molecule has 0 aromatic heterocycles. The monoisotopic (exact) mass is 1480 g/mol. The molecule has 5 unspecified atom stereocenters. The molecule has 0 fully saturated rings. The van der Waals surface area contributed by atoms with Crippen molar-refractivity contribution in [1.29, 1.82) is 0 Å². The van der Waals surface area contributed by atoms with E-state index in [2.05, 4.69) is 125 Å². The van der Waals surface area contributed by atoms with Crippen LogP contribution in [0.5, 0.6) is 0 Å². The lowest BCUT2D eigenvalue weighted by Crippen LogP contribution is -2.30. The third kappa shape index (κ3) is 74.3. The number of esters is 4. The summed E-state index contributed by atoms with van der Waals surface area (Å²) in [7, 11) is -9.96. The summed E-state index contributed by atoms with van der Waals surface area (Å²) >= 11 is 0. The number of unbranched alkanes of at least 4 members (excludes halogenated alkanes) is 34. The highest BCUT2D eigenvalue weighted by Gasteiger charge is 2.30. The van der Waals surface area contributed by atoms with Gasteiger partial charge < -0.3 is 33.8 Å². The molecule has 0 bridgehead atoms. The zero-order chi connectivity index (χ0) is 74.6. The van der Waals surface area contributed by atoms with Crippen molar-refractivity contribution in [2.45, 2.75) is 367 Å². The number of hydrogen-bond acceptors (Lipinski definition) is 15. The molecule has 0 saturated heterocycles. The molecular formula is C83H146O17P2. The van der Waals surface area contributed by atoms with E-state index in [1.807, 2.05) is 0 Å². The first-order chi connectivity index (χ1) is 49.7. The third-order valence-electron chi connectivity index (χ3n) is 17.0. The Morgan fingerprint density at radius 2 is 0.510 bits per heavy atom. The van der Waals surface area contributed by atoms with Crippen molar-refractivity contribution in [3.05, 3.63) is 97.2 Å². The van der Waals surface area contributed by atoms with Gasteiger partial charge in [0.05, 0.1) is 26.4 Å². The minimum Gasteiger partial charge on any atom is -0.462 e. The van der Waals surface area contributed by atoms with Crippen molar-refractivity contribution < 1.29 is 80.2 Å². The molecule has 102 heavy (non-hydrogen) atoms. The summed E-state index contributed by atoms with van der Waals surface area (Å²) in [4.78, 5) is 73.0. The van der Waals surface area contributed by atoms with Gasteiger partial charge in [-0.15, -0.1) is 0 Å². The number of aliphatic hydroxyl groups is 1. The van der Waals surface area contributed by atoms with Gasteiger partial charge in [-0.25, -0.2) is 9.13 Å². The van der Waals surface area contributed by atoms with Gasteiger partial charge in [-0.2, -0.15) is 0 Å². The number of rotatable bonds is 76. The Bertz CT molecular complexity index is 2310. The van der Waals surface area contributed by atoms with Crippen LogP contribution in [0.1, 0.15) is 349 Å². The number of phosphoric ester groups is 2. The molecule has 0 aromatic carbocycles. The average Bonchev–Trinajstić information content (AvgIpc) is 0.908. The molecule has 0 aromatic rings. The number of carbonyl (C=O) groups is 4. The first-order valence-corrected chi connectivity index (χ1v) is 43.5. The van der Waals surface area contributed by atoms with E-state index in [4.69, 9.17) is 37.0 Å². The van der Waals surface area contributed by atoms with E-state index in [0.717, 1.165) is 199 Å². The highest BCUT2D eigenvalue weighted by molar-refractivity contribution is 7.47. The molecule has 0 radical (unpaired) electrons. The van der Waals surface area contributed by atoms with E-state index in [9.17, 15) is 43.2 Å². The molecule has 590 valence electrons. The third-order valence-corrected chi connectivity index (χ3v) is 18.9. The summed E-state index contributed by atoms with van der Waals surface area (Å²) in [6, 6.07) is 0. The fourth-order valence-electron chi connectivity index (χ4n) is 10.8. The summed E-state index contributed by atoms with van der Waals surface area (Å²) in [5, 5.41) is 10.6. The van der Waals surface area contributed by atoms with Crippen LogP contribution in [-0.4, -0.2) is 96.7 Å². The van der Waals surface area contributed by atoms with Gasteiger partial charge in [-0.1, -0.05) is 273 Å². The van der Waals surface area contributed by atoms with E-state index >= 15 is 0 Å². The maximum absolute atomic E-state index is 13.1. The molecule has 0 aliphatic heterocycles. The summed E-state index contributed by atoms with van der Waals surface area (Å²) in [5.74, 6) is -2.20. The van der Waals surface area contributed by atoms with Gasteiger partial charge in [0.2, 0.25) is 0 Å². The quantitative estimate of drug-likeness (QED) is 0.0169. The topological polar surface area (TPSA) is 237 Å². The van der Waals surface area contributed by atoms with Gasteiger partial charge in [0.25, 0.3) is 0 Å². The van der Waals surface area contributed by atoms with Crippen molar-refractivity contribution in [3.8, 4) is 0 Å². The Hall–Kier alpha value is -4.02. The van der Waals surface area contributed by atoms with Crippen molar-refractivity contribution in [2.75, 3.05) is 39.6 Å². The Morgan fingerprint density at radius 1 is 0.284 bits per heavy atom. The highest BCUT2D eigenvalue weighted by Crippen LogP contribution is 2.45. The second-order valence-corrected chi connectivity index (χ2v) is 29.9. The van der Waals surface area contributed by atoms with Gasteiger partial charge in [-0.3, -0.25) is 37.3 Å². The minimum atomic E-state index is -4.98. The molecule has 5 atom stereocenters. The summed E-state index contributed by atoms with van der Waals surface area (Å²) in [6.07, 6.45) is 79.5. The number of allylic oxidation sites excluding steroid dienone is 16. The zero-order valence-electron chi connectivity index (χ0n) is 64.5. The maximum atomic E-state index is 13.1. The lowest BCUT2D eigenvalue weighted by atomic mass is 10.1. The number of phosphoric acid groups is 2. The van der Waals surface area contributed by atoms with Crippen molar-refractivity contribution in [1.82, 2.24) is 0 Å². The fourth-order valence-corrected chi connectivity index (χ4v) is 12.4. The predicted molar refractivity (Wildman–Crippen MR) is 418 cm³/mol. The van der Waals surface area contributed by atoms with Gasteiger partial charge in [0.15, 0.2) is 12.2 Å². The van der Waals surface area contributed by atoms with E-state index in [1.54, 1.807) is 0 Å². The van der Waals surface area contributed by atoms with Crippen molar-refractivity contribution in [3.63, 3.8) is 0 Å². The molecule has 0 rings (SSSR count). The number of hydrogen-bond donors (Lipinski definition) is 3. The van der Waals surface area contributed by atoms with Crippen LogP contribution in [0.3, 0.4) is 0 Å². The summed E-state index contributed by atoms with van der Waals surface area (Å²) < 4.78 is 68.6. The summed E-state index contributed by atoms with van der Waals surface area (Å²) in [6.45, 7) is 4.70. The number of carbonyl (C=O) groups excluding carboxylic acids is 4. The van der Waals surface area contributed by atoms with E-state index in [0.29, 0.717) is 25.7 Å². The molecule has 0 amide bonds. The second kappa shape index (κ2) is 75.2. The lowest BCUT2D eigenvalue weighted by molar-refractivity contribution is -0.161. The number of ether oxygens (including phenoxy) is 4. The van der Waals surface area contributed by atoms with Gasteiger partial charge in [-0.05, 0) is 148 Å². The molecular weight excluding hydrogens is 1330 g/mol. The van der Waals surface area contributed by atoms with E-state index in [-0.39, 0.29) is 25.7 Å². The van der Waals surface area contributed by atoms with Crippen molar-refractivity contribution >= 4 is 39.5 Å². The Morgan fingerprint density at radius 3 is 0.814 bits per heavy atom. The van der Waals surface area contributed by atoms with Crippen molar-refractivity contribution in [2.24, 2.45) is 0 Å². The predicted octanol–water partition coefficient (Wildman–Crippen LogP) is 23.6. The molecule has 3 N–H and O–H groups in total. The fraction of sp³-hybridized carbons (Fsp3) is 0.759. The zero-order valence-corrected chi connectivity index (χ0v) is 66.3. The maximum Gasteiger partial charge on any atom is 0.472 e. The molecule has 0 aliphatic carbocycles. The first kappa shape index (κ1) is 98.0. The summed E-state index contributed by atoms with van der Waals surface area (Å²) in [5.41, 5.74) is 0. The van der Waals surface area contributed by atoms with Crippen LogP contribution < -0.4 is 0 Å². The Labute approximate surface area is 620 Å². The normalized spacial score (nSPS) is 14.4. The Kier molecular flexibility index (Phi) is 72.3. The molecule has 0 aliphatic rings. The molecule has 0 heterocycles. The lowest BCUT2D eigenvalue weighted by Gasteiger charge is -2.21. The van der Waals surface area contributed by atoms with Crippen LogP contribution in [-0.2, 0) is 65.4 Å². The minimum absolute atomic E-state index is 0.0804. The number of aliphatic hydroxyl groups excluding tert-OH is 1. The van der Waals surface area contributed by atoms with Gasteiger partial charge in [0, 0.05) is 25.7 Å². The smallest absolute Gasteiger partial charge is 0.462 e. The van der Waals surface area contributed by atoms with Gasteiger partial charge in [0.1, 0.15) is 19.3 Å².